The Morgan fingerprint density at radius 3 is 1.73 bits per heavy atom. The zero-order valence-electron chi connectivity index (χ0n) is 17.9. The fourth-order valence-electron chi connectivity index (χ4n) is 3.43. The molecule has 0 aliphatic rings. The van der Waals surface area contributed by atoms with Gasteiger partial charge in [-0.1, -0.05) is 18.2 Å². The summed E-state index contributed by atoms with van der Waals surface area (Å²) in [5.74, 6) is -1.60. The number of phenolic OH excluding ortho intramolecular Hbond substituents is 1. The number of carbonyl (C=O) groups is 2. The predicted molar refractivity (Wildman–Crippen MR) is 111 cm³/mol. The summed E-state index contributed by atoms with van der Waals surface area (Å²) in [6.45, 7) is 1.93. The molecule has 2 aromatic carbocycles. The molecule has 7 heteroatoms. The SMILES string of the molecule is COC(=O)[C@H](Cc1ccc(C)c(OC)c1)[C@@H](Cc1ccc(O)c(OC)c1)C(=O)OC. The minimum absolute atomic E-state index is 0.00728. The Morgan fingerprint density at radius 1 is 0.800 bits per heavy atom. The molecular weight excluding hydrogens is 388 g/mol. The van der Waals surface area contributed by atoms with Gasteiger partial charge in [-0.2, -0.15) is 0 Å². The van der Waals surface area contributed by atoms with E-state index in [4.69, 9.17) is 18.9 Å². The van der Waals surface area contributed by atoms with Gasteiger partial charge in [0.2, 0.25) is 0 Å². The molecular formula is C23H28O7. The van der Waals surface area contributed by atoms with Gasteiger partial charge in [0, 0.05) is 0 Å². The van der Waals surface area contributed by atoms with Crippen LogP contribution in [0.1, 0.15) is 16.7 Å². The molecule has 0 radical (unpaired) electrons. The quantitative estimate of drug-likeness (QED) is 0.628. The highest BCUT2D eigenvalue weighted by Crippen LogP contribution is 2.31. The zero-order chi connectivity index (χ0) is 22.3. The molecule has 0 amide bonds. The molecule has 1 N–H and O–H groups in total. The van der Waals surface area contributed by atoms with Crippen LogP contribution in [0.4, 0.5) is 0 Å². The second-order valence-electron chi connectivity index (χ2n) is 6.98. The number of carbonyl (C=O) groups excluding carboxylic acids is 2. The van der Waals surface area contributed by atoms with E-state index < -0.39 is 23.8 Å². The summed E-state index contributed by atoms with van der Waals surface area (Å²) in [4.78, 5) is 25.3. The second kappa shape index (κ2) is 10.5. The first kappa shape index (κ1) is 23.1. The van der Waals surface area contributed by atoms with Crippen LogP contribution in [-0.2, 0) is 31.9 Å². The monoisotopic (exact) mass is 416 g/mol. The Hall–Kier alpha value is -3.22. The maximum atomic E-state index is 12.6. The van der Waals surface area contributed by atoms with E-state index in [-0.39, 0.29) is 24.3 Å². The van der Waals surface area contributed by atoms with Crippen molar-refractivity contribution >= 4 is 11.9 Å². The standard InChI is InChI=1S/C23H28O7/c1-14-6-7-15(12-20(14)27-2)10-17(22(25)29-4)18(23(26)30-5)11-16-8-9-19(24)21(13-16)28-3/h6-9,12-13,17-18,24H,10-11H2,1-5H3/t17-,18-/m1/s1. The maximum Gasteiger partial charge on any atom is 0.309 e. The molecule has 2 atom stereocenters. The highest BCUT2D eigenvalue weighted by atomic mass is 16.5. The van der Waals surface area contributed by atoms with Crippen LogP contribution in [-0.4, -0.2) is 45.5 Å². The summed E-state index contributed by atoms with van der Waals surface area (Å²) in [6.07, 6.45) is 0.490. The van der Waals surface area contributed by atoms with Gasteiger partial charge in [0.25, 0.3) is 0 Å². The largest absolute Gasteiger partial charge is 0.504 e. The van der Waals surface area contributed by atoms with Crippen LogP contribution < -0.4 is 9.47 Å². The molecule has 0 saturated carbocycles. The Bertz CT molecular complexity index is 818. The lowest BCUT2D eigenvalue weighted by molar-refractivity contribution is -0.157. The van der Waals surface area contributed by atoms with Crippen molar-refractivity contribution in [2.24, 2.45) is 11.8 Å². The Morgan fingerprint density at radius 2 is 1.27 bits per heavy atom. The van der Waals surface area contributed by atoms with Crippen molar-refractivity contribution in [1.82, 2.24) is 0 Å². The molecule has 0 heterocycles. The van der Waals surface area contributed by atoms with E-state index in [2.05, 4.69) is 0 Å². The smallest absolute Gasteiger partial charge is 0.309 e. The van der Waals surface area contributed by atoms with Crippen LogP contribution in [0.15, 0.2) is 36.4 Å². The second-order valence-corrected chi connectivity index (χ2v) is 6.98. The molecule has 0 unspecified atom stereocenters. The van der Waals surface area contributed by atoms with Crippen molar-refractivity contribution in [2.75, 3.05) is 28.4 Å². The Labute approximate surface area is 176 Å². The minimum atomic E-state index is -0.788. The number of rotatable bonds is 9. The summed E-state index contributed by atoms with van der Waals surface area (Å²) in [5, 5.41) is 9.82. The van der Waals surface area contributed by atoms with Crippen LogP contribution in [0.2, 0.25) is 0 Å². The van der Waals surface area contributed by atoms with E-state index >= 15 is 0 Å². The highest BCUT2D eigenvalue weighted by molar-refractivity contribution is 5.82. The molecule has 0 fully saturated rings. The molecule has 2 rings (SSSR count). The van der Waals surface area contributed by atoms with Crippen LogP contribution in [0.25, 0.3) is 0 Å². The molecule has 162 valence electrons. The molecule has 0 aromatic heterocycles. The van der Waals surface area contributed by atoms with Crippen molar-refractivity contribution in [2.45, 2.75) is 19.8 Å². The fourth-order valence-corrected chi connectivity index (χ4v) is 3.43. The van der Waals surface area contributed by atoms with Gasteiger partial charge in [0.05, 0.1) is 40.3 Å². The minimum Gasteiger partial charge on any atom is -0.504 e. The van der Waals surface area contributed by atoms with Gasteiger partial charge >= 0.3 is 11.9 Å². The third kappa shape index (κ3) is 5.43. The van der Waals surface area contributed by atoms with Crippen LogP contribution >= 0.6 is 0 Å². The summed E-state index contributed by atoms with van der Waals surface area (Å²) in [5.41, 5.74) is 2.53. The molecule has 2 aromatic rings. The van der Waals surface area contributed by atoms with Crippen molar-refractivity contribution < 1.29 is 33.6 Å². The molecule has 0 aliphatic carbocycles. The Kier molecular flexibility index (Phi) is 8.09. The highest BCUT2D eigenvalue weighted by Gasteiger charge is 2.36. The normalized spacial score (nSPS) is 12.6. The molecule has 0 bridgehead atoms. The molecule has 0 saturated heterocycles. The van der Waals surface area contributed by atoms with Crippen molar-refractivity contribution in [3.63, 3.8) is 0 Å². The number of ether oxygens (including phenoxy) is 4. The van der Waals surface area contributed by atoms with Crippen LogP contribution in [0.3, 0.4) is 0 Å². The van der Waals surface area contributed by atoms with Crippen LogP contribution in [0, 0.1) is 18.8 Å². The lowest BCUT2D eigenvalue weighted by atomic mass is 9.82. The number of hydrogen-bond donors (Lipinski definition) is 1. The molecule has 0 spiro atoms. The summed E-state index contributed by atoms with van der Waals surface area (Å²) in [6, 6.07) is 10.4. The summed E-state index contributed by atoms with van der Waals surface area (Å²) >= 11 is 0. The third-order valence-corrected chi connectivity index (χ3v) is 5.12. The van der Waals surface area contributed by atoms with Crippen LogP contribution in [0.5, 0.6) is 17.2 Å². The number of benzene rings is 2. The van der Waals surface area contributed by atoms with Crippen molar-refractivity contribution in [1.29, 1.82) is 0 Å². The summed E-state index contributed by atoms with van der Waals surface area (Å²) < 4.78 is 20.5. The topological polar surface area (TPSA) is 91.3 Å². The number of aromatic hydroxyl groups is 1. The first-order valence-corrected chi connectivity index (χ1v) is 9.49. The molecule has 30 heavy (non-hydrogen) atoms. The average Bonchev–Trinajstić information content (AvgIpc) is 2.77. The average molecular weight is 416 g/mol. The lowest BCUT2D eigenvalue weighted by Gasteiger charge is -2.24. The summed E-state index contributed by atoms with van der Waals surface area (Å²) in [7, 11) is 5.61. The maximum absolute atomic E-state index is 12.6. The zero-order valence-corrected chi connectivity index (χ0v) is 17.9. The first-order valence-electron chi connectivity index (χ1n) is 9.49. The van der Waals surface area contributed by atoms with Crippen molar-refractivity contribution in [3.8, 4) is 17.2 Å². The predicted octanol–water partition coefficient (Wildman–Crippen LogP) is 3.08. The van der Waals surface area contributed by atoms with E-state index in [1.165, 1.54) is 27.4 Å². The molecule has 0 aliphatic heterocycles. The number of methoxy groups -OCH3 is 4. The Balaban J connectivity index is 2.40. The number of phenols is 1. The van der Waals surface area contributed by atoms with Crippen molar-refractivity contribution in [3.05, 3.63) is 53.1 Å². The number of hydrogen-bond acceptors (Lipinski definition) is 7. The van der Waals surface area contributed by atoms with Gasteiger partial charge in [-0.15, -0.1) is 0 Å². The van der Waals surface area contributed by atoms with Gasteiger partial charge in [-0.3, -0.25) is 9.59 Å². The van der Waals surface area contributed by atoms with E-state index in [1.807, 2.05) is 25.1 Å². The number of aryl methyl sites for hydroxylation is 1. The van der Waals surface area contributed by atoms with Gasteiger partial charge in [-0.25, -0.2) is 0 Å². The van der Waals surface area contributed by atoms with Gasteiger partial charge in [0.1, 0.15) is 5.75 Å². The van der Waals surface area contributed by atoms with Gasteiger partial charge in [0.15, 0.2) is 11.5 Å². The fraction of sp³-hybridized carbons (Fsp3) is 0.391. The van der Waals surface area contributed by atoms with E-state index in [0.29, 0.717) is 5.75 Å². The third-order valence-electron chi connectivity index (χ3n) is 5.12. The molecule has 7 nitrogen and oxygen atoms in total. The van der Waals surface area contributed by atoms with Gasteiger partial charge in [-0.05, 0) is 54.7 Å². The van der Waals surface area contributed by atoms with E-state index in [0.717, 1.165) is 16.7 Å². The van der Waals surface area contributed by atoms with E-state index in [1.54, 1.807) is 19.2 Å². The van der Waals surface area contributed by atoms with E-state index in [9.17, 15) is 14.7 Å². The number of esters is 2. The van der Waals surface area contributed by atoms with Gasteiger partial charge < -0.3 is 24.1 Å². The first-order chi connectivity index (χ1) is 14.3. The lowest BCUT2D eigenvalue weighted by Crippen LogP contribution is -2.34.